The van der Waals surface area contributed by atoms with Gasteiger partial charge in [0.25, 0.3) is 0 Å². The molecule has 0 aromatic rings. The van der Waals surface area contributed by atoms with Crippen LogP contribution in [0.25, 0.3) is 0 Å². The molecule has 0 aliphatic heterocycles. The summed E-state index contributed by atoms with van der Waals surface area (Å²) in [6, 6.07) is 0. The van der Waals surface area contributed by atoms with Crippen molar-refractivity contribution in [2.45, 2.75) is 39.3 Å². The maximum atomic E-state index is 11.3. The largest absolute Gasteiger partial charge is 0.504 e. The van der Waals surface area contributed by atoms with Crippen LogP contribution in [0.1, 0.15) is 20.8 Å². The van der Waals surface area contributed by atoms with Crippen LogP contribution in [0.5, 0.6) is 0 Å². The zero-order chi connectivity index (χ0) is 25.1. The number of aliphatic hydroxyl groups is 3. The second-order valence-electron chi connectivity index (χ2n) is 4.91. The van der Waals surface area contributed by atoms with Crippen LogP contribution in [0.3, 0.4) is 0 Å². The van der Waals surface area contributed by atoms with Gasteiger partial charge in [-0.15, -0.1) is 0 Å². The Morgan fingerprint density at radius 1 is 0.516 bits per heavy atom. The van der Waals surface area contributed by atoms with Gasteiger partial charge in [0, 0.05) is 44.1 Å². The van der Waals surface area contributed by atoms with E-state index in [0.717, 1.165) is 20.8 Å². The number of hydrogen-bond acceptors (Lipinski definition) is 6. The third kappa shape index (κ3) is 24.0. The van der Waals surface area contributed by atoms with Crippen molar-refractivity contribution < 1.29 is 95.1 Å². The van der Waals surface area contributed by atoms with E-state index in [1.54, 1.807) is 0 Å². The van der Waals surface area contributed by atoms with Crippen LogP contribution in [-0.4, -0.2) is 51.2 Å². The van der Waals surface area contributed by atoms with Gasteiger partial charge in [-0.25, -0.2) is 0 Å². The van der Waals surface area contributed by atoms with E-state index in [1.165, 1.54) is 0 Å². The van der Waals surface area contributed by atoms with Gasteiger partial charge in [0.05, 0.1) is 0 Å². The summed E-state index contributed by atoms with van der Waals surface area (Å²) in [5.41, 5.74) is 0. The van der Waals surface area contributed by atoms with Gasteiger partial charge < -0.3 is 15.3 Å². The molecule has 0 aliphatic carbocycles. The molecule has 0 aromatic heterocycles. The van der Waals surface area contributed by atoms with Gasteiger partial charge in [-0.2, -0.15) is 39.5 Å². The van der Waals surface area contributed by atoms with Crippen molar-refractivity contribution in [1.29, 1.82) is 0 Å². The second-order valence-corrected chi connectivity index (χ2v) is 4.91. The Morgan fingerprint density at radius 2 is 0.645 bits per heavy atom. The summed E-state index contributed by atoms with van der Waals surface area (Å²) in [7, 11) is 0. The van der Waals surface area contributed by atoms with E-state index in [0.29, 0.717) is 0 Å². The van der Waals surface area contributed by atoms with Gasteiger partial charge in [0.15, 0.2) is 17.3 Å². The fourth-order valence-electron chi connectivity index (χ4n) is 0.823. The summed E-state index contributed by atoms with van der Waals surface area (Å²) in [6.45, 7) is 2.76. The number of halogens is 9. The first-order chi connectivity index (χ1) is 13.0. The minimum Gasteiger partial charge on any atom is -0.504 e. The van der Waals surface area contributed by atoms with Crippen molar-refractivity contribution in [3.63, 3.8) is 0 Å². The van der Waals surface area contributed by atoms with E-state index in [9.17, 15) is 53.9 Å². The fourth-order valence-corrected chi connectivity index (χ4v) is 0.823. The predicted molar refractivity (Wildman–Crippen MR) is 82.3 cm³/mol. The smallest absolute Gasteiger partial charge is 0.448 e. The van der Waals surface area contributed by atoms with E-state index < -0.39 is 53.2 Å². The molecule has 1 radical (unpaired) electrons. The summed E-state index contributed by atoms with van der Waals surface area (Å²) >= 11 is 0. The van der Waals surface area contributed by atoms with Crippen LogP contribution in [0.15, 0.2) is 35.5 Å². The number of ketones is 3. The number of hydrogen-bond donors (Lipinski definition) is 3. The van der Waals surface area contributed by atoms with Gasteiger partial charge in [-0.05, 0) is 20.8 Å². The second kappa shape index (κ2) is 14.8. The minimum absolute atomic E-state index is 0. The summed E-state index contributed by atoms with van der Waals surface area (Å²) < 4.78 is 102. The first-order valence-corrected chi connectivity index (χ1v) is 6.97. The molecule has 0 atom stereocenters. The minimum atomic E-state index is -4.81. The van der Waals surface area contributed by atoms with Crippen molar-refractivity contribution in [3.8, 4) is 0 Å². The molecule has 16 heteroatoms. The Morgan fingerprint density at radius 3 is 0.677 bits per heavy atom. The molecule has 0 amide bonds. The van der Waals surface area contributed by atoms with E-state index in [-0.39, 0.29) is 44.1 Å². The number of allylic oxidation sites excluding steroid dienone is 6. The fraction of sp³-hybridized carbons (Fsp3) is 0.400. The Balaban J connectivity index is -0.000000174. The normalized spacial score (nSPS) is 13.0. The maximum absolute atomic E-state index is 11.3. The van der Waals surface area contributed by atoms with Crippen LogP contribution in [0.4, 0.5) is 39.5 Å². The van der Waals surface area contributed by atoms with Crippen molar-refractivity contribution in [3.05, 3.63) is 35.5 Å². The first kappa shape index (κ1) is 36.3. The summed E-state index contributed by atoms with van der Waals surface area (Å²) in [5.74, 6) is -8.10. The number of carbonyl (C=O) groups is 3. The zero-order valence-electron chi connectivity index (χ0n) is 15.8. The molecule has 0 aliphatic rings. The Labute approximate surface area is 187 Å². The van der Waals surface area contributed by atoms with Crippen LogP contribution in [-0.2, 0) is 40.2 Å². The zero-order valence-corrected chi connectivity index (χ0v) is 17.6. The van der Waals surface area contributed by atoms with Crippen molar-refractivity contribution in [1.82, 2.24) is 0 Å². The summed E-state index contributed by atoms with van der Waals surface area (Å²) in [6.07, 6.45) is -14.1. The van der Waals surface area contributed by atoms with Crippen LogP contribution >= 0.6 is 0 Å². The average molecular weight is 507 g/mol. The maximum Gasteiger partial charge on any atom is 0.448 e. The molecule has 0 rings (SSSR count). The third-order valence-electron chi connectivity index (χ3n) is 1.89. The topological polar surface area (TPSA) is 112 Å². The Kier molecular flexibility index (Phi) is 17.3. The van der Waals surface area contributed by atoms with Crippen LogP contribution in [0.2, 0.25) is 0 Å². The number of carbonyl (C=O) groups excluding carboxylic acids is 3. The SMILES string of the molecule is CC(=O)/C=C(\O)C(F)(F)F.CC(=O)/C=C(\O)C(F)(F)F.CC(=O)/C=C(\O)C(F)(F)F.[Sc]. The van der Waals surface area contributed by atoms with E-state index >= 15 is 0 Å². The number of aliphatic hydroxyl groups excluding tert-OH is 3. The van der Waals surface area contributed by atoms with E-state index in [4.69, 9.17) is 15.3 Å². The molecule has 0 bridgehead atoms. The molecule has 0 saturated carbocycles. The van der Waals surface area contributed by atoms with Gasteiger partial charge in [0.2, 0.25) is 17.3 Å². The van der Waals surface area contributed by atoms with Crippen molar-refractivity contribution in [2.24, 2.45) is 0 Å². The predicted octanol–water partition coefficient (Wildman–Crippen LogP) is 4.74. The first-order valence-electron chi connectivity index (χ1n) is 6.97. The molecule has 0 unspecified atom stereocenters. The van der Waals surface area contributed by atoms with Gasteiger partial charge in [-0.3, -0.25) is 14.4 Å². The van der Waals surface area contributed by atoms with Gasteiger partial charge in [0.1, 0.15) is 0 Å². The summed E-state index contributed by atoms with van der Waals surface area (Å²) in [4.78, 5) is 29.9. The quantitative estimate of drug-likeness (QED) is 0.289. The molecule has 177 valence electrons. The Bertz CT molecular complexity index is 606. The number of alkyl halides is 9. The molecule has 0 heterocycles. The Hall–Kier alpha value is -2.13. The van der Waals surface area contributed by atoms with E-state index in [1.807, 2.05) is 0 Å². The molecule has 6 nitrogen and oxygen atoms in total. The molecular formula is C15H15F9O6Sc. The third-order valence-corrected chi connectivity index (χ3v) is 1.89. The van der Waals surface area contributed by atoms with Crippen LogP contribution in [0, 0.1) is 0 Å². The van der Waals surface area contributed by atoms with E-state index in [2.05, 4.69) is 0 Å². The number of rotatable bonds is 3. The van der Waals surface area contributed by atoms with Crippen LogP contribution < -0.4 is 0 Å². The van der Waals surface area contributed by atoms with Crippen molar-refractivity contribution >= 4 is 17.3 Å². The molecular weight excluding hydrogens is 492 g/mol. The molecule has 3 N–H and O–H groups in total. The molecule has 0 aromatic carbocycles. The van der Waals surface area contributed by atoms with Gasteiger partial charge in [-0.1, -0.05) is 0 Å². The van der Waals surface area contributed by atoms with Gasteiger partial charge >= 0.3 is 18.5 Å². The molecule has 0 spiro atoms. The van der Waals surface area contributed by atoms with Crippen molar-refractivity contribution in [2.75, 3.05) is 0 Å². The monoisotopic (exact) mass is 507 g/mol. The average Bonchev–Trinajstić information content (AvgIpc) is 2.43. The standard InChI is InChI=1S/3C5H5F3O2.Sc/c3*1-3(9)2-4(10)5(6,7)8;/h3*2,10H,1H3;/b3*4-2-;. The summed E-state index contributed by atoms with van der Waals surface area (Å²) in [5, 5.41) is 24.2. The molecule has 31 heavy (non-hydrogen) atoms. The molecule has 0 fully saturated rings. The molecule has 0 saturated heterocycles.